The van der Waals surface area contributed by atoms with E-state index in [0.29, 0.717) is 11.5 Å². The van der Waals surface area contributed by atoms with Crippen molar-refractivity contribution in [3.63, 3.8) is 0 Å². The van der Waals surface area contributed by atoms with Crippen LogP contribution in [0.5, 0.6) is 0 Å². The Kier molecular flexibility index (Phi) is 6.56. The van der Waals surface area contributed by atoms with Gasteiger partial charge in [-0.15, -0.1) is 6.58 Å². The number of aryl methyl sites for hydroxylation is 1. The topological polar surface area (TPSA) is 0 Å². The van der Waals surface area contributed by atoms with Gasteiger partial charge < -0.3 is 0 Å². The van der Waals surface area contributed by atoms with Crippen molar-refractivity contribution in [2.75, 3.05) is 0 Å². The van der Waals surface area contributed by atoms with Crippen molar-refractivity contribution in [1.82, 2.24) is 0 Å². The maximum absolute atomic E-state index is 14.7. The molecule has 0 saturated heterocycles. The Morgan fingerprint density at radius 3 is 1.93 bits per heavy atom. The van der Waals surface area contributed by atoms with E-state index in [9.17, 15) is 22.0 Å². The molecule has 3 rings (SSSR count). The molecule has 29 heavy (non-hydrogen) atoms. The van der Waals surface area contributed by atoms with Crippen LogP contribution in [0.4, 0.5) is 22.0 Å². The number of halogens is 5. The highest BCUT2D eigenvalue weighted by molar-refractivity contribution is 5.65. The summed E-state index contributed by atoms with van der Waals surface area (Å²) >= 11 is 0. The van der Waals surface area contributed by atoms with Gasteiger partial charge in [0.25, 0.3) is 0 Å². The zero-order valence-corrected chi connectivity index (χ0v) is 16.1. The maximum Gasteiger partial charge on any atom is 0.194 e. The molecular formula is C24H23F5. The maximum atomic E-state index is 14.7. The van der Waals surface area contributed by atoms with Gasteiger partial charge in [-0.25, -0.2) is 22.0 Å². The summed E-state index contributed by atoms with van der Waals surface area (Å²) < 4.78 is 69.0. The largest absolute Gasteiger partial charge is 0.206 e. The summed E-state index contributed by atoms with van der Waals surface area (Å²) in [7, 11) is 0. The van der Waals surface area contributed by atoms with E-state index in [4.69, 9.17) is 0 Å². The molecule has 0 aliphatic heterocycles. The Bertz CT molecular complexity index is 877. The van der Waals surface area contributed by atoms with Crippen LogP contribution in [0, 0.1) is 35.0 Å². The fourth-order valence-corrected chi connectivity index (χ4v) is 4.03. The quantitative estimate of drug-likeness (QED) is 0.265. The van der Waals surface area contributed by atoms with Crippen LogP contribution < -0.4 is 0 Å². The molecule has 2 aromatic carbocycles. The molecule has 1 aliphatic carbocycles. The van der Waals surface area contributed by atoms with E-state index in [1.165, 1.54) is 12.1 Å². The zero-order valence-electron chi connectivity index (χ0n) is 16.1. The van der Waals surface area contributed by atoms with Crippen molar-refractivity contribution >= 4 is 5.57 Å². The molecule has 2 aromatic rings. The summed E-state index contributed by atoms with van der Waals surface area (Å²) in [6.07, 6.45) is 5.73. The standard InChI is InChI=1S/C24H23F5/c1-3-15-6-8-17(9-7-15)18-12-19(25)23(20(26)13-18)14(2)4-5-16-10-21(27)24(29)22(28)11-16/h3,10-13,15,17H,1-2,4-9H2. The van der Waals surface area contributed by atoms with E-state index in [1.807, 2.05) is 6.08 Å². The van der Waals surface area contributed by atoms with Crippen LogP contribution in [0.25, 0.3) is 5.57 Å². The first-order valence-electron chi connectivity index (χ1n) is 9.73. The lowest BCUT2D eigenvalue weighted by atomic mass is 9.78. The van der Waals surface area contributed by atoms with Gasteiger partial charge in [-0.1, -0.05) is 12.7 Å². The van der Waals surface area contributed by atoms with E-state index in [0.717, 1.165) is 37.8 Å². The molecule has 1 fully saturated rings. The Hall–Kier alpha value is -2.43. The smallest absolute Gasteiger partial charge is 0.194 e. The van der Waals surface area contributed by atoms with Crippen LogP contribution >= 0.6 is 0 Å². The Balaban J connectivity index is 1.72. The van der Waals surface area contributed by atoms with Crippen molar-refractivity contribution in [3.8, 4) is 0 Å². The third-order valence-corrected chi connectivity index (χ3v) is 5.75. The highest BCUT2D eigenvalue weighted by atomic mass is 19.2. The number of hydrogen-bond acceptors (Lipinski definition) is 0. The van der Waals surface area contributed by atoms with Gasteiger partial charge in [-0.3, -0.25) is 0 Å². The van der Waals surface area contributed by atoms with E-state index in [-0.39, 0.29) is 35.5 Å². The summed E-state index contributed by atoms with van der Waals surface area (Å²) in [6.45, 7) is 7.54. The summed E-state index contributed by atoms with van der Waals surface area (Å²) in [6, 6.07) is 4.47. The lowest BCUT2D eigenvalue weighted by Gasteiger charge is -2.27. The molecule has 5 heteroatoms. The zero-order chi connectivity index (χ0) is 21.1. The first-order chi connectivity index (χ1) is 13.8. The number of benzene rings is 2. The highest BCUT2D eigenvalue weighted by Crippen LogP contribution is 2.38. The fraction of sp³-hybridized carbons (Fsp3) is 0.333. The van der Waals surface area contributed by atoms with Crippen molar-refractivity contribution < 1.29 is 22.0 Å². The lowest BCUT2D eigenvalue weighted by Crippen LogP contribution is -2.12. The summed E-state index contributed by atoms with van der Waals surface area (Å²) in [5.74, 6) is -4.93. The lowest BCUT2D eigenvalue weighted by molar-refractivity contribution is 0.374. The average Bonchev–Trinajstić information content (AvgIpc) is 2.69. The number of rotatable bonds is 6. The second-order valence-corrected chi connectivity index (χ2v) is 7.68. The predicted molar refractivity (Wildman–Crippen MR) is 105 cm³/mol. The third-order valence-electron chi connectivity index (χ3n) is 5.75. The van der Waals surface area contributed by atoms with E-state index in [2.05, 4.69) is 13.2 Å². The van der Waals surface area contributed by atoms with Gasteiger partial charge in [0.2, 0.25) is 0 Å². The molecule has 0 nitrogen and oxygen atoms in total. The molecular weight excluding hydrogens is 383 g/mol. The van der Waals surface area contributed by atoms with E-state index in [1.54, 1.807) is 0 Å². The van der Waals surface area contributed by atoms with Gasteiger partial charge >= 0.3 is 0 Å². The molecule has 0 aromatic heterocycles. The molecule has 0 heterocycles. The molecule has 0 bridgehead atoms. The van der Waals surface area contributed by atoms with Gasteiger partial charge in [-0.2, -0.15) is 0 Å². The molecule has 0 amide bonds. The molecule has 0 spiro atoms. The summed E-state index contributed by atoms with van der Waals surface area (Å²) in [5.41, 5.74) is 0.810. The van der Waals surface area contributed by atoms with Gasteiger partial charge in [-0.05, 0) is 91.3 Å². The van der Waals surface area contributed by atoms with Crippen LogP contribution in [0.15, 0.2) is 43.5 Å². The molecule has 0 radical (unpaired) electrons. The molecule has 1 aliphatic rings. The molecule has 1 saturated carbocycles. The van der Waals surface area contributed by atoms with Crippen LogP contribution in [0.3, 0.4) is 0 Å². The molecule has 0 atom stereocenters. The molecule has 0 unspecified atom stereocenters. The fourth-order valence-electron chi connectivity index (χ4n) is 4.03. The number of hydrogen-bond donors (Lipinski definition) is 0. The van der Waals surface area contributed by atoms with E-state index < -0.39 is 29.1 Å². The van der Waals surface area contributed by atoms with Crippen LogP contribution in [-0.4, -0.2) is 0 Å². The second kappa shape index (κ2) is 8.93. The monoisotopic (exact) mass is 406 g/mol. The second-order valence-electron chi connectivity index (χ2n) is 7.68. The van der Waals surface area contributed by atoms with Crippen LogP contribution in [0.2, 0.25) is 0 Å². The molecule has 0 N–H and O–H groups in total. The number of allylic oxidation sites excluding steroid dienone is 2. The van der Waals surface area contributed by atoms with Gasteiger partial charge in [0, 0.05) is 5.56 Å². The minimum Gasteiger partial charge on any atom is -0.206 e. The summed E-state index contributed by atoms with van der Waals surface area (Å²) in [5, 5.41) is 0. The van der Waals surface area contributed by atoms with Crippen molar-refractivity contribution in [3.05, 3.63) is 89.3 Å². The van der Waals surface area contributed by atoms with E-state index >= 15 is 0 Å². The highest BCUT2D eigenvalue weighted by Gasteiger charge is 2.23. The predicted octanol–water partition coefficient (Wildman–Crippen LogP) is 7.49. The summed E-state index contributed by atoms with van der Waals surface area (Å²) in [4.78, 5) is 0. The third kappa shape index (κ3) is 4.77. The Labute approximate surface area is 167 Å². The Morgan fingerprint density at radius 1 is 0.862 bits per heavy atom. The minimum atomic E-state index is -1.54. The van der Waals surface area contributed by atoms with Gasteiger partial charge in [0.15, 0.2) is 17.5 Å². The van der Waals surface area contributed by atoms with Gasteiger partial charge in [0.1, 0.15) is 11.6 Å². The molecule has 154 valence electrons. The van der Waals surface area contributed by atoms with Crippen LogP contribution in [0.1, 0.15) is 54.7 Å². The van der Waals surface area contributed by atoms with Crippen molar-refractivity contribution in [1.29, 1.82) is 0 Å². The van der Waals surface area contributed by atoms with Crippen LogP contribution in [-0.2, 0) is 6.42 Å². The van der Waals surface area contributed by atoms with Crippen molar-refractivity contribution in [2.45, 2.75) is 44.4 Å². The average molecular weight is 406 g/mol. The van der Waals surface area contributed by atoms with Gasteiger partial charge in [0.05, 0.1) is 0 Å². The SMILES string of the molecule is C=CC1CCC(c2cc(F)c(C(=C)CCc3cc(F)c(F)c(F)c3)c(F)c2)CC1. The normalized spacial score (nSPS) is 19.2. The first-order valence-corrected chi connectivity index (χ1v) is 9.73. The van der Waals surface area contributed by atoms with Crippen molar-refractivity contribution in [2.24, 2.45) is 5.92 Å². The Morgan fingerprint density at radius 2 is 1.41 bits per heavy atom. The first kappa shape index (κ1) is 21.3. The minimum absolute atomic E-state index is 0.0825.